The van der Waals surface area contributed by atoms with Crippen molar-refractivity contribution in [3.63, 3.8) is 0 Å². The van der Waals surface area contributed by atoms with Crippen LogP contribution in [0.1, 0.15) is 17.2 Å². The number of pyridine rings is 1. The first-order valence-corrected chi connectivity index (χ1v) is 6.81. The predicted molar refractivity (Wildman–Crippen MR) is 72.5 cm³/mol. The Hall–Kier alpha value is -0.970. The van der Waals surface area contributed by atoms with E-state index >= 15 is 0 Å². The third-order valence-corrected chi connectivity index (χ3v) is 4.68. The standard InChI is InChI=1S/C13H17N3S/c1-16-7-10(4-11(14)8-16)13-5-9-6-15-3-2-12(9)17-13/h2-3,5-6,10-11H,4,7-8,14H2,1H3. The average Bonchev–Trinajstić information content (AvgIpc) is 2.71. The molecule has 2 atom stereocenters. The summed E-state index contributed by atoms with van der Waals surface area (Å²) in [6.07, 6.45) is 4.91. The first kappa shape index (κ1) is 11.1. The normalized spacial score (nSPS) is 26.5. The van der Waals surface area contributed by atoms with Crippen LogP contribution in [0.3, 0.4) is 0 Å². The summed E-state index contributed by atoms with van der Waals surface area (Å²) in [4.78, 5) is 7.96. The lowest BCUT2D eigenvalue weighted by Crippen LogP contribution is -2.43. The second-order valence-corrected chi connectivity index (χ2v) is 6.09. The van der Waals surface area contributed by atoms with Crippen LogP contribution in [0.2, 0.25) is 0 Å². The van der Waals surface area contributed by atoms with Gasteiger partial charge in [-0.15, -0.1) is 11.3 Å². The number of likely N-dealkylation sites (tertiary alicyclic amines) is 1. The number of hydrogen-bond donors (Lipinski definition) is 1. The Morgan fingerprint density at radius 2 is 2.35 bits per heavy atom. The fourth-order valence-electron chi connectivity index (χ4n) is 2.68. The van der Waals surface area contributed by atoms with Gasteiger partial charge >= 0.3 is 0 Å². The zero-order valence-corrected chi connectivity index (χ0v) is 10.8. The monoisotopic (exact) mass is 247 g/mol. The maximum absolute atomic E-state index is 6.10. The summed E-state index contributed by atoms with van der Waals surface area (Å²) in [5, 5.41) is 1.26. The SMILES string of the molecule is CN1CC(N)CC(c2cc3cnccc3s2)C1. The summed E-state index contributed by atoms with van der Waals surface area (Å²) in [6.45, 7) is 2.14. The minimum atomic E-state index is 0.307. The van der Waals surface area contributed by atoms with Gasteiger partial charge in [0.15, 0.2) is 0 Å². The number of hydrogen-bond acceptors (Lipinski definition) is 4. The molecule has 0 spiro atoms. The van der Waals surface area contributed by atoms with Gasteiger partial charge in [-0.25, -0.2) is 0 Å². The molecule has 2 N–H and O–H groups in total. The highest BCUT2D eigenvalue weighted by Gasteiger charge is 2.25. The topological polar surface area (TPSA) is 42.1 Å². The molecular weight excluding hydrogens is 230 g/mol. The number of aromatic nitrogens is 1. The zero-order valence-electron chi connectivity index (χ0n) is 9.97. The fraction of sp³-hybridized carbons (Fsp3) is 0.462. The first-order valence-electron chi connectivity index (χ1n) is 6.00. The highest BCUT2D eigenvalue weighted by Crippen LogP contribution is 2.34. The Kier molecular flexibility index (Phi) is 2.86. The van der Waals surface area contributed by atoms with Crippen LogP contribution in [-0.4, -0.2) is 36.1 Å². The molecule has 2 aromatic rings. The van der Waals surface area contributed by atoms with E-state index < -0.39 is 0 Å². The van der Waals surface area contributed by atoms with Crippen molar-refractivity contribution < 1.29 is 0 Å². The Morgan fingerprint density at radius 3 is 3.12 bits per heavy atom. The first-order chi connectivity index (χ1) is 8.22. The summed E-state index contributed by atoms with van der Waals surface area (Å²) >= 11 is 1.89. The molecule has 1 saturated heterocycles. The van der Waals surface area contributed by atoms with Gasteiger partial charge in [-0.05, 0) is 25.6 Å². The summed E-state index contributed by atoms with van der Waals surface area (Å²) in [6, 6.07) is 4.68. The van der Waals surface area contributed by atoms with Crippen LogP contribution in [0.25, 0.3) is 10.1 Å². The minimum absolute atomic E-state index is 0.307. The van der Waals surface area contributed by atoms with Gasteiger partial charge < -0.3 is 10.6 Å². The second kappa shape index (κ2) is 4.37. The van der Waals surface area contributed by atoms with Crippen molar-refractivity contribution >= 4 is 21.4 Å². The molecule has 17 heavy (non-hydrogen) atoms. The van der Waals surface area contributed by atoms with Crippen molar-refractivity contribution in [2.75, 3.05) is 20.1 Å². The Morgan fingerprint density at radius 1 is 1.47 bits per heavy atom. The maximum Gasteiger partial charge on any atom is 0.0376 e. The van der Waals surface area contributed by atoms with Crippen molar-refractivity contribution in [3.05, 3.63) is 29.4 Å². The van der Waals surface area contributed by atoms with Crippen molar-refractivity contribution in [2.45, 2.75) is 18.4 Å². The molecule has 90 valence electrons. The van der Waals surface area contributed by atoms with Gasteiger partial charge in [-0.3, -0.25) is 4.98 Å². The predicted octanol–water partition coefficient (Wildman–Crippen LogP) is 2.04. The summed E-state index contributed by atoms with van der Waals surface area (Å²) in [5.41, 5.74) is 6.10. The molecule has 3 rings (SSSR count). The Balaban J connectivity index is 1.92. The zero-order chi connectivity index (χ0) is 11.8. The number of likely N-dealkylation sites (N-methyl/N-ethyl adjacent to an activating group) is 1. The van der Waals surface area contributed by atoms with Crippen LogP contribution in [0.5, 0.6) is 0 Å². The van der Waals surface area contributed by atoms with Crippen molar-refractivity contribution in [1.29, 1.82) is 0 Å². The van der Waals surface area contributed by atoms with Crippen molar-refractivity contribution in [2.24, 2.45) is 5.73 Å². The van der Waals surface area contributed by atoms with Crippen molar-refractivity contribution in [3.8, 4) is 0 Å². The van der Waals surface area contributed by atoms with E-state index in [0.717, 1.165) is 19.5 Å². The highest BCUT2D eigenvalue weighted by atomic mass is 32.1. The van der Waals surface area contributed by atoms with Crippen LogP contribution in [0.15, 0.2) is 24.5 Å². The van der Waals surface area contributed by atoms with E-state index in [-0.39, 0.29) is 0 Å². The molecule has 3 nitrogen and oxygen atoms in total. The van der Waals surface area contributed by atoms with E-state index in [0.29, 0.717) is 12.0 Å². The summed E-state index contributed by atoms with van der Waals surface area (Å²) in [7, 11) is 2.15. The van der Waals surface area contributed by atoms with Gasteiger partial charge in [0.05, 0.1) is 0 Å². The molecule has 0 amide bonds. The van der Waals surface area contributed by atoms with E-state index in [1.165, 1.54) is 15.0 Å². The van der Waals surface area contributed by atoms with Crippen molar-refractivity contribution in [1.82, 2.24) is 9.88 Å². The van der Waals surface area contributed by atoms with E-state index in [4.69, 9.17) is 5.73 Å². The number of fused-ring (bicyclic) bond motifs is 1. The fourth-order valence-corrected chi connectivity index (χ4v) is 3.81. The van der Waals surface area contributed by atoms with Gasteiger partial charge in [0, 0.05) is 52.4 Å². The van der Waals surface area contributed by atoms with E-state index in [9.17, 15) is 0 Å². The van der Waals surface area contributed by atoms with Gasteiger partial charge in [-0.2, -0.15) is 0 Å². The van der Waals surface area contributed by atoms with Crippen LogP contribution < -0.4 is 5.73 Å². The van der Waals surface area contributed by atoms with E-state index in [1.807, 2.05) is 23.7 Å². The number of nitrogens with zero attached hydrogens (tertiary/aromatic N) is 2. The van der Waals surface area contributed by atoms with Gasteiger partial charge in [0.2, 0.25) is 0 Å². The third-order valence-electron chi connectivity index (χ3n) is 3.40. The number of rotatable bonds is 1. The van der Waals surface area contributed by atoms with Crippen LogP contribution >= 0.6 is 11.3 Å². The van der Waals surface area contributed by atoms with Gasteiger partial charge in [0.25, 0.3) is 0 Å². The van der Waals surface area contributed by atoms with E-state index in [2.05, 4.69) is 29.1 Å². The highest BCUT2D eigenvalue weighted by molar-refractivity contribution is 7.19. The lowest BCUT2D eigenvalue weighted by atomic mass is 9.93. The molecule has 3 heterocycles. The smallest absolute Gasteiger partial charge is 0.0376 e. The van der Waals surface area contributed by atoms with Crippen LogP contribution in [0, 0.1) is 0 Å². The molecule has 0 aromatic carbocycles. The molecule has 0 aliphatic carbocycles. The number of nitrogens with two attached hydrogens (primary N) is 1. The molecule has 1 fully saturated rings. The largest absolute Gasteiger partial charge is 0.327 e. The maximum atomic E-state index is 6.10. The second-order valence-electron chi connectivity index (χ2n) is 4.98. The molecule has 4 heteroatoms. The molecule has 2 unspecified atom stereocenters. The van der Waals surface area contributed by atoms with Crippen LogP contribution in [0.4, 0.5) is 0 Å². The van der Waals surface area contributed by atoms with Gasteiger partial charge in [0.1, 0.15) is 0 Å². The average molecular weight is 247 g/mol. The number of piperidine rings is 1. The van der Waals surface area contributed by atoms with Crippen LogP contribution in [-0.2, 0) is 0 Å². The minimum Gasteiger partial charge on any atom is -0.327 e. The Bertz CT molecular complexity index is 479. The molecule has 1 aliphatic rings. The quantitative estimate of drug-likeness (QED) is 0.838. The van der Waals surface area contributed by atoms with E-state index in [1.54, 1.807) is 0 Å². The summed E-state index contributed by atoms with van der Waals surface area (Å²) in [5.74, 6) is 0.584. The molecule has 0 bridgehead atoms. The Labute approximate surface area is 105 Å². The summed E-state index contributed by atoms with van der Waals surface area (Å²) < 4.78 is 1.33. The third kappa shape index (κ3) is 2.20. The molecule has 0 radical (unpaired) electrons. The van der Waals surface area contributed by atoms with Gasteiger partial charge in [-0.1, -0.05) is 0 Å². The molecule has 2 aromatic heterocycles. The lowest BCUT2D eigenvalue weighted by molar-refractivity contribution is 0.228. The number of thiophene rings is 1. The molecule has 1 aliphatic heterocycles. The lowest BCUT2D eigenvalue weighted by Gasteiger charge is -2.33. The molecule has 0 saturated carbocycles. The molecular formula is C13H17N3S.